The van der Waals surface area contributed by atoms with Gasteiger partial charge in [-0.1, -0.05) is 100 Å². The van der Waals surface area contributed by atoms with Crippen molar-refractivity contribution in [2.75, 3.05) is 0 Å². The summed E-state index contributed by atoms with van der Waals surface area (Å²) in [6, 6.07) is 0. The fourth-order valence-corrected chi connectivity index (χ4v) is 18.8. The lowest BCUT2D eigenvalue weighted by molar-refractivity contribution is -0.179. The average molecular weight is 893 g/mol. The second kappa shape index (κ2) is 21.1. The van der Waals surface area contributed by atoms with Crippen molar-refractivity contribution in [3.05, 3.63) is 0 Å². The van der Waals surface area contributed by atoms with Crippen LogP contribution in [0.2, 0.25) is 0 Å². The van der Waals surface area contributed by atoms with Gasteiger partial charge in [-0.15, -0.1) is 0 Å². The quantitative estimate of drug-likeness (QED) is 0.106. The summed E-state index contributed by atoms with van der Waals surface area (Å²) in [7, 11) is 0. The van der Waals surface area contributed by atoms with Crippen molar-refractivity contribution in [1.29, 1.82) is 0 Å². The van der Waals surface area contributed by atoms with Gasteiger partial charge in [0.2, 0.25) is 0 Å². The van der Waals surface area contributed by atoms with E-state index in [1.807, 2.05) is 0 Å². The van der Waals surface area contributed by atoms with Gasteiger partial charge < -0.3 is 41.6 Å². The zero-order chi connectivity index (χ0) is 43.5. The van der Waals surface area contributed by atoms with E-state index in [2.05, 4.69) is 55.4 Å². The third-order valence-electron chi connectivity index (χ3n) is 21.9. The van der Waals surface area contributed by atoms with Crippen molar-refractivity contribution in [3.8, 4) is 0 Å². The van der Waals surface area contributed by atoms with Crippen LogP contribution in [0.1, 0.15) is 230 Å². The predicted octanol–water partition coefficient (Wildman–Crippen LogP) is 10.4. The Morgan fingerprint density at radius 3 is 1.11 bits per heavy atom. The van der Waals surface area contributed by atoms with Gasteiger partial charge in [0.15, 0.2) is 0 Å². The van der Waals surface area contributed by atoms with Crippen LogP contribution < -0.4 is 0 Å². The van der Waals surface area contributed by atoms with Crippen LogP contribution >= 0.6 is 0 Å². The molecule has 8 heteroatoms. The molecule has 8 fully saturated rings. The molecule has 8 aliphatic carbocycles. The van der Waals surface area contributed by atoms with E-state index in [9.17, 15) is 30.6 Å². The van der Waals surface area contributed by atoms with Gasteiger partial charge in [0.1, 0.15) is 0 Å². The third-order valence-corrected chi connectivity index (χ3v) is 21.9. The lowest BCUT2D eigenvalue weighted by Crippen LogP contribution is -2.59. The molecule has 8 nitrogen and oxygen atoms in total. The van der Waals surface area contributed by atoms with Crippen molar-refractivity contribution < 1.29 is 41.6 Å². The predicted molar refractivity (Wildman–Crippen MR) is 258 cm³/mol. The van der Waals surface area contributed by atoms with E-state index in [0.29, 0.717) is 47.3 Å². The Balaban J connectivity index is 0.000000264. The molecule has 63 heavy (non-hydrogen) atoms. The van der Waals surface area contributed by atoms with E-state index in [1.165, 1.54) is 77.0 Å². The first-order valence-corrected chi connectivity index (χ1v) is 26.4. The summed E-state index contributed by atoms with van der Waals surface area (Å²) in [4.78, 5) is 0. The molecule has 0 aromatic heterocycles. The van der Waals surface area contributed by atoms with E-state index >= 15 is 0 Å². The van der Waals surface area contributed by atoms with Crippen molar-refractivity contribution >= 4 is 0 Å². The normalized spacial score (nSPS) is 47.9. The molecule has 8 saturated carbocycles. The first kappa shape index (κ1) is 55.3. The van der Waals surface area contributed by atoms with Gasteiger partial charge in [0, 0.05) is 0 Å². The minimum Gasteiger partial charge on any atom is -0.412 e. The van der Waals surface area contributed by atoms with Gasteiger partial charge in [-0.25, -0.2) is 0 Å². The SMILES string of the molecule is C.CCCCCC[C@](C)(O)[C@H]1CCC2C3C[C@H](O)[C@H]4C[C@@H](O)CC[C@]4(C)C3CC[C@@]21C.CCCCCC[C@](C)(O)[C@H]1CCC2C3C[C@H](O)[C@H]4C[C@@H](O)CC[C@]4(C)C3CC[C@@]21C.O.O. The van der Waals surface area contributed by atoms with Crippen LogP contribution in [0.4, 0.5) is 0 Å². The molecule has 8 rings (SSSR count). The molecular formula is C55H104O8. The molecule has 0 radical (unpaired) electrons. The number of aliphatic hydroxyl groups is 6. The summed E-state index contributed by atoms with van der Waals surface area (Å²) in [5, 5.41) is 66.0. The zero-order valence-electron chi connectivity index (χ0n) is 41.2. The van der Waals surface area contributed by atoms with Gasteiger partial charge in [0.05, 0.1) is 35.6 Å². The van der Waals surface area contributed by atoms with Crippen molar-refractivity contribution in [1.82, 2.24) is 0 Å². The van der Waals surface area contributed by atoms with Crippen LogP contribution in [0.3, 0.4) is 0 Å². The maximum Gasteiger partial charge on any atom is 0.0653 e. The Labute approximate surface area is 386 Å². The summed E-state index contributed by atoms with van der Waals surface area (Å²) in [5.41, 5.74) is -0.316. The lowest BCUT2D eigenvalue weighted by atomic mass is 9.43. The molecule has 0 saturated heterocycles. The summed E-state index contributed by atoms with van der Waals surface area (Å²) < 4.78 is 0. The highest BCUT2D eigenvalue weighted by molar-refractivity contribution is 5.15. The van der Waals surface area contributed by atoms with Gasteiger partial charge in [-0.2, -0.15) is 0 Å². The largest absolute Gasteiger partial charge is 0.412 e. The van der Waals surface area contributed by atoms with Gasteiger partial charge in [0.25, 0.3) is 0 Å². The van der Waals surface area contributed by atoms with Gasteiger partial charge >= 0.3 is 0 Å². The Morgan fingerprint density at radius 2 is 0.762 bits per heavy atom. The molecule has 0 aromatic rings. The maximum absolute atomic E-state index is 11.6. The first-order valence-electron chi connectivity index (χ1n) is 26.4. The summed E-state index contributed by atoms with van der Waals surface area (Å²) in [6.07, 6.45) is 27.8. The molecule has 0 spiro atoms. The van der Waals surface area contributed by atoms with Crippen LogP contribution in [0, 0.1) is 80.8 Å². The number of hydrogen-bond donors (Lipinski definition) is 6. The first-order chi connectivity index (χ1) is 28.3. The van der Waals surface area contributed by atoms with Crippen molar-refractivity contribution in [3.63, 3.8) is 0 Å². The molecule has 0 heterocycles. The van der Waals surface area contributed by atoms with Crippen molar-refractivity contribution in [2.24, 2.45) is 80.8 Å². The molecule has 8 aliphatic rings. The Morgan fingerprint density at radius 1 is 0.429 bits per heavy atom. The number of unbranched alkanes of at least 4 members (excludes halogenated alkanes) is 6. The molecular weight excluding hydrogens is 789 g/mol. The van der Waals surface area contributed by atoms with E-state index in [-0.39, 0.29) is 76.3 Å². The molecule has 10 N–H and O–H groups in total. The molecule has 0 bridgehead atoms. The lowest BCUT2D eigenvalue weighted by Gasteiger charge is -2.62. The third kappa shape index (κ3) is 10.1. The number of aliphatic hydroxyl groups excluding tert-OH is 4. The number of rotatable bonds is 12. The summed E-state index contributed by atoms with van der Waals surface area (Å²) >= 11 is 0. The average Bonchev–Trinajstić information content (AvgIpc) is 3.75. The molecule has 0 aliphatic heterocycles. The molecule has 6 unspecified atom stereocenters. The van der Waals surface area contributed by atoms with Crippen LogP contribution in [0.25, 0.3) is 0 Å². The van der Waals surface area contributed by atoms with Crippen LogP contribution in [0.15, 0.2) is 0 Å². The highest BCUT2D eigenvalue weighted by atomic mass is 16.3. The van der Waals surface area contributed by atoms with E-state index in [0.717, 1.165) is 89.9 Å². The molecule has 372 valence electrons. The highest BCUT2D eigenvalue weighted by Gasteiger charge is 2.65. The van der Waals surface area contributed by atoms with Gasteiger partial charge in [-0.05, 0) is 210 Å². The van der Waals surface area contributed by atoms with Crippen LogP contribution in [0.5, 0.6) is 0 Å². The van der Waals surface area contributed by atoms with Crippen molar-refractivity contribution in [2.45, 2.75) is 265 Å². The van der Waals surface area contributed by atoms with Crippen LogP contribution in [-0.4, -0.2) is 77.2 Å². The number of fused-ring (bicyclic) bond motifs is 10. The smallest absolute Gasteiger partial charge is 0.0653 e. The minimum atomic E-state index is -0.557. The zero-order valence-corrected chi connectivity index (χ0v) is 41.2. The molecule has 20 atom stereocenters. The minimum absolute atomic E-state index is 0. The van der Waals surface area contributed by atoms with Crippen LogP contribution in [-0.2, 0) is 0 Å². The van der Waals surface area contributed by atoms with Gasteiger partial charge in [-0.3, -0.25) is 0 Å². The van der Waals surface area contributed by atoms with E-state index in [4.69, 9.17) is 0 Å². The summed E-state index contributed by atoms with van der Waals surface area (Å²) in [6.45, 7) is 18.6. The standard InChI is InChI=1S/2C27H48O3.CH4.2H2O/c2*1-5-6-7-8-13-27(4,30)24-10-9-20-19-17-23(29)22-16-18(28)11-14-25(22,2)21(19)12-15-26(20,24)3;;;/h2*18-24,28-30H,5-17H2,1-4H3;1H4;2*1H2/t2*18-,19?,20?,21?,22+,23-,24-,25+,26-,27-;;;/m00.../s1. The molecule has 0 aromatic carbocycles. The topological polar surface area (TPSA) is 184 Å². The Hall–Kier alpha value is -0.320. The highest BCUT2D eigenvalue weighted by Crippen LogP contribution is 2.70. The van der Waals surface area contributed by atoms with E-state index in [1.54, 1.807) is 0 Å². The van der Waals surface area contributed by atoms with E-state index < -0.39 is 11.2 Å². The Bertz CT molecular complexity index is 1320. The fraction of sp³-hybridized carbons (Fsp3) is 1.00. The monoisotopic (exact) mass is 893 g/mol. The Kier molecular flexibility index (Phi) is 18.5. The maximum atomic E-state index is 11.6. The second-order valence-corrected chi connectivity index (χ2v) is 25.1. The molecule has 0 amide bonds. The second-order valence-electron chi connectivity index (χ2n) is 25.1. The fourth-order valence-electron chi connectivity index (χ4n) is 18.8. The summed E-state index contributed by atoms with van der Waals surface area (Å²) in [5.74, 6) is 5.17. The number of hydrogen-bond acceptors (Lipinski definition) is 6.